The number of rotatable bonds is 5. The summed E-state index contributed by atoms with van der Waals surface area (Å²) in [7, 11) is 0. The number of nitrogens with zero attached hydrogens (tertiary/aromatic N) is 1. The molecular formula is C14H19N3O3. The number of benzene rings is 1. The van der Waals surface area contributed by atoms with Gasteiger partial charge in [0, 0.05) is 24.4 Å². The van der Waals surface area contributed by atoms with E-state index in [9.17, 15) is 14.9 Å². The van der Waals surface area contributed by atoms with Gasteiger partial charge >= 0.3 is 6.03 Å². The summed E-state index contributed by atoms with van der Waals surface area (Å²) in [5.41, 5.74) is 0.561. The second-order valence-corrected chi connectivity index (χ2v) is 5.12. The highest BCUT2D eigenvalue weighted by molar-refractivity contribution is 5.89. The SMILES string of the molecule is O=C(NCCC1CCCC1)Nc1ccc([N+](=O)[O-])cc1. The molecule has 2 N–H and O–H groups in total. The second kappa shape index (κ2) is 6.88. The van der Waals surface area contributed by atoms with Crippen molar-refractivity contribution in [1.29, 1.82) is 0 Å². The van der Waals surface area contributed by atoms with E-state index >= 15 is 0 Å². The number of hydrogen-bond donors (Lipinski definition) is 2. The lowest BCUT2D eigenvalue weighted by atomic mass is 10.0. The molecule has 1 aliphatic rings. The van der Waals surface area contributed by atoms with Gasteiger partial charge in [0.2, 0.25) is 0 Å². The third-order valence-electron chi connectivity index (χ3n) is 3.65. The largest absolute Gasteiger partial charge is 0.338 e. The predicted octanol–water partition coefficient (Wildman–Crippen LogP) is 3.30. The first-order chi connectivity index (χ1) is 9.65. The number of nitro groups is 1. The number of urea groups is 1. The molecule has 2 amide bonds. The molecule has 1 aromatic rings. The van der Waals surface area contributed by atoms with Gasteiger partial charge in [0.05, 0.1) is 4.92 Å². The number of carbonyl (C=O) groups excluding carboxylic acids is 1. The van der Waals surface area contributed by atoms with Crippen LogP contribution in [0.4, 0.5) is 16.2 Å². The van der Waals surface area contributed by atoms with E-state index in [-0.39, 0.29) is 11.7 Å². The fourth-order valence-electron chi connectivity index (χ4n) is 2.53. The maximum absolute atomic E-state index is 11.6. The van der Waals surface area contributed by atoms with Crippen LogP contribution in [-0.4, -0.2) is 17.5 Å². The van der Waals surface area contributed by atoms with Gasteiger partial charge in [-0.1, -0.05) is 25.7 Å². The molecule has 108 valence electrons. The van der Waals surface area contributed by atoms with Crippen LogP contribution < -0.4 is 10.6 Å². The second-order valence-electron chi connectivity index (χ2n) is 5.12. The minimum atomic E-state index is -0.467. The molecule has 0 aromatic heterocycles. The fraction of sp³-hybridized carbons (Fsp3) is 0.500. The topological polar surface area (TPSA) is 84.3 Å². The van der Waals surface area contributed by atoms with E-state index in [0.29, 0.717) is 12.2 Å². The van der Waals surface area contributed by atoms with Crippen LogP contribution in [0.2, 0.25) is 0 Å². The molecule has 0 radical (unpaired) electrons. The summed E-state index contributed by atoms with van der Waals surface area (Å²) >= 11 is 0. The molecular weight excluding hydrogens is 258 g/mol. The Morgan fingerprint density at radius 1 is 1.25 bits per heavy atom. The smallest absolute Gasteiger partial charge is 0.319 e. The molecule has 0 unspecified atom stereocenters. The van der Waals surface area contributed by atoms with E-state index < -0.39 is 4.92 Å². The Labute approximate surface area is 117 Å². The Morgan fingerprint density at radius 3 is 2.50 bits per heavy atom. The first kappa shape index (κ1) is 14.3. The normalized spacial score (nSPS) is 15.0. The van der Waals surface area contributed by atoms with Crippen molar-refractivity contribution in [3.05, 3.63) is 34.4 Å². The third-order valence-corrected chi connectivity index (χ3v) is 3.65. The van der Waals surface area contributed by atoms with Crippen LogP contribution in [0.5, 0.6) is 0 Å². The Hall–Kier alpha value is -2.11. The highest BCUT2D eigenvalue weighted by atomic mass is 16.6. The van der Waals surface area contributed by atoms with Gasteiger partial charge in [-0.25, -0.2) is 4.79 Å². The number of amides is 2. The van der Waals surface area contributed by atoms with E-state index in [2.05, 4.69) is 10.6 Å². The molecule has 0 aliphatic heterocycles. The molecule has 0 heterocycles. The first-order valence-electron chi connectivity index (χ1n) is 6.94. The number of anilines is 1. The van der Waals surface area contributed by atoms with Crippen molar-refractivity contribution < 1.29 is 9.72 Å². The monoisotopic (exact) mass is 277 g/mol. The van der Waals surface area contributed by atoms with E-state index in [0.717, 1.165) is 12.3 Å². The van der Waals surface area contributed by atoms with Crippen LogP contribution in [0.15, 0.2) is 24.3 Å². The molecule has 6 heteroatoms. The van der Waals surface area contributed by atoms with Crippen LogP contribution in [0.25, 0.3) is 0 Å². The van der Waals surface area contributed by atoms with Gasteiger partial charge in [-0.2, -0.15) is 0 Å². The zero-order valence-corrected chi connectivity index (χ0v) is 11.3. The molecule has 0 atom stereocenters. The van der Waals surface area contributed by atoms with Crippen molar-refractivity contribution in [3.63, 3.8) is 0 Å². The molecule has 0 bridgehead atoms. The quantitative estimate of drug-likeness (QED) is 0.639. The third kappa shape index (κ3) is 4.22. The molecule has 6 nitrogen and oxygen atoms in total. The fourth-order valence-corrected chi connectivity index (χ4v) is 2.53. The highest BCUT2D eigenvalue weighted by Crippen LogP contribution is 2.26. The van der Waals surface area contributed by atoms with Crippen molar-refractivity contribution in [2.24, 2.45) is 5.92 Å². The van der Waals surface area contributed by atoms with Crippen molar-refractivity contribution in [2.75, 3.05) is 11.9 Å². The lowest BCUT2D eigenvalue weighted by Crippen LogP contribution is -2.30. The van der Waals surface area contributed by atoms with Crippen LogP contribution in [-0.2, 0) is 0 Å². The Morgan fingerprint density at radius 2 is 1.90 bits per heavy atom. The first-order valence-corrected chi connectivity index (χ1v) is 6.94. The van der Waals surface area contributed by atoms with E-state index in [1.807, 2.05) is 0 Å². The molecule has 20 heavy (non-hydrogen) atoms. The van der Waals surface area contributed by atoms with Gasteiger partial charge in [-0.05, 0) is 24.5 Å². The zero-order valence-electron chi connectivity index (χ0n) is 11.3. The lowest BCUT2D eigenvalue weighted by Gasteiger charge is -2.10. The summed E-state index contributed by atoms with van der Waals surface area (Å²) in [6, 6.07) is 5.52. The number of carbonyl (C=O) groups is 1. The Balaban J connectivity index is 1.71. The van der Waals surface area contributed by atoms with Crippen LogP contribution in [0, 0.1) is 16.0 Å². The molecule has 1 aliphatic carbocycles. The minimum Gasteiger partial charge on any atom is -0.338 e. The van der Waals surface area contributed by atoms with E-state index in [1.165, 1.54) is 49.9 Å². The van der Waals surface area contributed by atoms with Crippen molar-refractivity contribution >= 4 is 17.4 Å². The maximum atomic E-state index is 11.6. The average Bonchev–Trinajstić information content (AvgIpc) is 2.92. The summed E-state index contributed by atoms with van der Waals surface area (Å²) < 4.78 is 0. The Bertz CT molecular complexity index is 467. The van der Waals surface area contributed by atoms with Crippen LogP contribution in [0.3, 0.4) is 0 Å². The number of non-ortho nitro benzene ring substituents is 1. The molecule has 1 fully saturated rings. The highest BCUT2D eigenvalue weighted by Gasteiger charge is 2.14. The van der Waals surface area contributed by atoms with Gasteiger partial charge < -0.3 is 10.6 Å². The standard InChI is InChI=1S/C14H19N3O3/c18-14(15-10-9-11-3-1-2-4-11)16-12-5-7-13(8-6-12)17(19)20/h5-8,11H,1-4,9-10H2,(H2,15,16,18). The Kier molecular flexibility index (Phi) is 4.92. The molecule has 2 rings (SSSR count). The summed E-state index contributed by atoms with van der Waals surface area (Å²) in [4.78, 5) is 21.7. The van der Waals surface area contributed by atoms with Gasteiger partial charge in [0.25, 0.3) is 5.69 Å². The zero-order chi connectivity index (χ0) is 14.4. The van der Waals surface area contributed by atoms with Gasteiger partial charge in [-0.3, -0.25) is 10.1 Å². The van der Waals surface area contributed by atoms with E-state index in [4.69, 9.17) is 0 Å². The molecule has 1 saturated carbocycles. The van der Waals surface area contributed by atoms with E-state index in [1.54, 1.807) is 0 Å². The van der Waals surface area contributed by atoms with Crippen molar-refractivity contribution in [2.45, 2.75) is 32.1 Å². The van der Waals surface area contributed by atoms with Crippen LogP contribution >= 0.6 is 0 Å². The minimum absolute atomic E-state index is 0.0113. The number of nitrogens with one attached hydrogen (secondary N) is 2. The summed E-state index contributed by atoms with van der Waals surface area (Å²) in [5.74, 6) is 0.745. The maximum Gasteiger partial charge on any atom is 0.319 e. The van der Waals surface area contributed by atoms with Gasteiger partial charge in [0.1, 0.15) is 0 Å². The molecule has 0 spiro atoms. The molecule has 0 saturated heterocycles. The summed E-state index contributed by atoms with van der Waals surface area (Å²) in [5, 5.41) is 16.0. The lowest BCUT2D eigenvalue weighted by molar-refractivity contribution is -0.384. The number of hydrogen-bond acceptors (Lipinski definition) is 3. The van der Waals surface area contributed by atoms with Crippen molar-refractivity contribution in [3.8, 4) is 0 Å². The van der Waals surface area contributed by atoms with Crippen LogP contribution in [0.1, 0.15) is 32.1 Å². The summed E-state index contributed by atoms with van der Waals surface area (Å²) in [6.45, 7) is 0.670. The van der Waals surface area contributed by atoms with Gasteiger partial charge in [-0.15, -0.1) is 0 Å². The predicted molar refractivity (Wildman–Crippen MR) is 76.7 cm³/mol. The average molecular weight is 277 g/mol. The summed E-state index contributed by atoms with van der Waals surface area (Å²) in [6.07, 6.45) is 6.17. The number of nitro benzene ring substituents is 1. The van der Waals surface area contributed by atoms with Gasteiger partial charge in [0.15, 0.2) is 0 Å². The van der Waals surface area contributed by atoms with Crippen molar-refractivity contribution in [1.82, 2.24) is 5.32 Å². The molecule has 1 aromatic carbocycles.